The Morgan fingerprint density at radius 1 is 1.13 bits per heavy atom. The van der Waals surface area contributed by atoms with Crippen LogP contribution in [0.4, 0.5) is 5.13 Å². The van der Waals surface area contributed by atoms with Gasteiger partial charge in [-0.25, -0.2) is 4.98 Å². The minimum atomic E-state index is -0.217. The lowest BCUT2D eigenvalue weighted by atomic mass is 10.1. The minimum Gasteiger partial charge on any atom is -0.484 e. The molecule has 3 aromatic rings. The van der Waals surface area contributed by atoms with Crippen LogP contribution in [0.1, 0.15) is 16.0 Å². The van der Waals surface area contributed by atoms with Crippen molar-refractivity contribution in [2.45, 2.75) is 20.4 Å². The fourth-order valence-electron chi connectivity index (χ4n) is 3.62. The maximum Gasteiger partial charge on any atom is 0.264 e. The number of nitrogens with one attached hydrogen (secondary N) is 1. The number of aromatic nitrogens is 1. The summed E-state index contributed by atoms with van der Waals surface area (Å²) >= 11 is 1.52. The molecule has 6 nitrogen and oxygen atoms in total. The zero-order valence-corrected chi connectivity index (χ0v) is 18.7. The van der Waals surface area contributed by atoms with Gasteiger partial charge in [0.1, 0.15) is 5.75 Å². The van der Waals surface area contributed by atoms with Crippen LogP contribution in [-0.2, 0) is 16.1 Å². The van der Waals surface area contributed by atoms with Gasteiger partial charge in [0, 0.05) is 30.1 Å². The van der Waals surface area contributed by atoms with Crippen molar-refractivity contribution in [2.24, 2.45) is 0 Å². The number of aryl methyl sites for hydroxylation is 2. The zero-order valence-electron chi connectivity index (χ0n) is 17.9. The van der Waals surface area contributed by atoms with E-state index in [-0.39, 0.29) is 12.5 Å². The molecular weight excluding hydrogens is 410 g/mol. The highest BCUT2D eigenvalue weighted by molar-refractivity contribution is 7.16. The van der Waals surface area contributed by atoms with Crippen molar-refractivity contribution in [3.05, 3.63) is 64.5 Å². The van der Waals surface area contributed by atoms with Crippen molar-refractivity contribution in [2.75, 3.05) is 38.2 Å². The second kappa shape index (κ2) is 10.0. The van der Waals surface area contributed by atoms with Crippen LogP contribution in [-0.4, -0.2) is 48.7 Å². The molecular formula is C24H27N3O3S. The first-order valence-electron chi connectivity index (χ1n) is 10.4. The molecule has 2 aromatic carbocycles. The van der Waals surface area contributed by atoms with Gasteiger partial charge in [0.05, 0.1) is 18.9 Å². The third kappa shape index (κ3) is 5.91. The summed E-state index contributed by atoms with van der Waals surface area (Å²) in [4.78, 5) is 20.7. The number of amides is 1. The Balaban J connectivity index is 1.46. The van der Waals surface area contributed by atoms with E-state index in [4.69, 9.17) is 14.5 Å². The molecule has 0 bridgehead atoms. The highest BCUT2D eigenvalue weighted by Crippen LogP contribution is 2.32. The van der Waals surface area contributed by atoms with E-state index in [0.29, 0.717) is 10.9 Å². The van der Waals surface area contributed by atoms with E-state index in [1.54, 1.807) is 0 Å². The van der Waals surface area contributed by atoms with Gasteiger partial charge in [-0.05, 0) is 37.1 Å². The molecule has 7 heteroatoms. The van der Waals surface area contributed by atoms with Gasteiger partial charge in [0.25, 0.3) is 5.91 Å². The number of carbonyl (C=O) groups is 1. The third-order valence-electron chi connectivity index (χ3n) is 5.03. The smallest absolute Gasteiger partial charge is 0.264 e. The molecule has 162 valence electrons. The highest BCUT2D eigenvalue weighted by atomic mass is 32.1. The molecule has 4 rings (SSSR count). The van der Waals surface area contributed by atoms with Crippen LogP contribution in [0.5, 0.6) is 5.75 Å². The maximum absolute atomic E-state index is 12.5. The molecule has 1 fully saturated rings. The molecule has 0 radical (unpaired) electrons. The largest absolute Gasteiger partial charge is 0.484 e. The van der Waals surface area contributed by atoms with Crippen LogP contribution >= 0.6 is 11.3 Å². The number of benzene rings is 2. The predicted molar refractivity (Wildman–Crippen MR) is 124 cm³/mol. The summed E-state index contributed by atoms with van der Waals surface area (Å²) in [6.45, 7) is 8.06. The molecule has 31 heavy (non-hydrogen) atoms. The number of carbonyl (C=O) groups excluding carboxylic acids is 1. The predicted octanol–water partition coefficient (Wildman–Crippen LogP) is 4.28. The van der Waals surface area contributed by atoms with E-state index >= 15 is 0 Å². The van der Waals surface area contributed by atoms with Crippen LogP contribution in [0, 0.1) is 13.8 Å². The number of nitrogens with zero attached hydrogens (tertiary/aromatic N) is 2. The number of morpholine rings is 1. The summed E-state index contributed by atoms with van der Waals surface area (Å²) in [5.41, 5.74) is 4.18. The fourth-order valence-corrected chi connectivity index (χ4v) is 4.66. The van der Waals surface area contributed by atoms with Gasteiger partial charge in [-0.15, -0.1) is 0 Å². The summed E-state index contributed by atoms with van der Waals surface area (Å²) in [5.74, 6) is 0.482. The molecule has 0 atom stereocenters. The van der Waals surface area contributed by atoms with E-state index in [1.165, 1.54) is 11.3 Å². The topological polar surface area (TPSA) is 63.7 Å². The molecule has 0 unspecified atom stereocenters. The fraction of sp³-hybridized carbons (Fsp3) is 0.333. The molecule has 1 aliphatic rings. The summed E-state index contributed by atoms with van der Waals surface area (Å²) in [6.07, 6.45) is 0. The van der Waals surface area contributed by atoms with Crippen molar-refractivity contribution in [3.63, 3.8) is 0 Å². The second-order valence-electron chi connectivity index (χ2n) is 7.71. The average Bonchev–Trinajstić information content (AvgIpc) is 3.15. The molecule has 1 amide bonds. The van der Waals surface area contributed by atoms with Crippen molar-refractivity contribution >= 4 is 22.4 Å². The van der Waals surface area contributed by atoms with Gasteiger partial charge in [-0.1, -0.05) is 47.7 Å². The number of ether oxygens (including phenoxy) is 2. The van der Waals surface area contributed by atoms with Crippen LogP contribution in [0.2, 0.25) is 0 Å². The first kappa shape index (κ1) is 21.5. The van der Waals surface area contributed by atoms with Gasteiger partial charge >= 0.3 is 0 Å². The van der Waals surface area contributed by atoms with Crippen LogP contribution in [0.15, 0.2) is 48.5 Å². The Bertz CT molecular complexity index is 1010. The molecule has 1 aliphatic heterocycles. The van der Waals surface area contributed by atoms with Crippen LogP contribution < -0.4 is 10.1 Å². The summed E-state index contributed by atoms with van der Waals surface area (Å²) in [5, 5.41) is 3.50. The molecule has 0 aliphatic carbocycles. The standard InChI is InChI=1S/C24H27N3O3S/c1-17-12-18(2)14-20(13-17)30-16-22(28)25-24-26-23(19-6-4-3-5-7-19)21(31-24)15-27-8-10-29-11-9-27/h3-7,12-14H,8-11,15-16H2,1-2H3,(H,25,26,28). The van der Waals surface area contributed by atoms with Gasteiger partial charge in [0.15, 0.2) is 11.7 Å². The SMILES string of the molecule is Cc1cc(C)cc(OCC(=O)Nc2nc(-c3ccccc3)c(CN3CCOCC3)s2)c1. The second-order valence-corrected chi connectivity index (χ2v) is 8.79. The average molecular weight is 438 g/mol. The minimum absolute atomic E-state index is 0.0536. The normalized spacial score (nSPS) is 14.4. The van der Waals surface area contributed by atoms with E-state index in [9.17, 15) is 4.79 Å². The highest BCUT2D eigenvalue weighted by Gasteiger charge is 2.19. The van der Waals surface area contributed by atoms with Gasteiger partial charge in [-0.2, -0.15) is 0 Å². The molecule has 1 aromatic heterocycles. The quantitative estimate of drug-likeness (QED) is 0.598. The first-order valence-corrected chi connectivity index (χ1v) is 11.2. The lowest BCUT2D eigenvalue weighted by Gasteiger charge is -2.26. The summed E-state index contributed by atoms with van der Waals surface area (Å²) in [6, 6.07) is 16.0. The van der Waals surface area contributed by atoms with E-state index in [1.807, 2.05) is 56.3 Å². The summed E-state index contributed by atoms with van der Waals surface area (Å²) in [7, 11) is 0. The van der Waals surface area contributed by atoms with Gasteiger partial charge < -0.3 is 9.47 Å². The van der Waals surface area contributed by atoms with Crippen molar-refractivity contribution in [1.82, 2.24) is 9.88 Å². The van der Waals surface area contributed by atoms with E-state index in [2.05, 4.69) is 16.3 Å². The number of anilines is 1. The zero-order chi connectivity index (χ0) is 21.6. The van der Waals surface area contributed by atoms with Crippen LogP contribution in [0.3, 0.4) is 0 Å². The third-order valence-corrected chi connectivity index (χ3v) is 5.98. The molecule has 2 heterocycles. The number of hydrogen-bond acceptors (Lipinski definition) is 6. The van der Waals surface area contributed by atoms with E-state index in [0.717, 1.165) is 60.1 Å². The number of hydrogen-bond donors (Lipinski definition) is 1. The Kier molecular flexibility index (Phi) is 6.96. The van der Waals surface area contributed by atoms with E-state index < -0.39 is 0 Å². The molecule has 0 spiro atoms. The van der Waals surface area contributed by atoms with Gasteiger partial charge in [-0.3, -0.25) is 15.0 Å². The Labute approximate surface area is 186 Å². The Morgan fingerprint density at radius 2 is 1.84 bits per heavy atom. The van der Waals surface area contributed by atoms with Gasteiger partial charge in [0.2, 0.25) is 0 Å². The number of rotatable bonds is 7. The maximum atomic E-state index is 12.5. The Hall–Kier alpha value is -2.74. The molecule has 1 N–H and O–H groups in total. The Morgan fingerprint density at radius 3 is 2.55 bits per heavy atom. The lowest BCUT2D eigenvalue weighted by molar-refractivity contribution is -0.118. The first-order chi connectivity index (χ1) is 15.1. The van der Waals surface area contributed by atoms with Crippen molar-refractivity contribution in [1.29, 1.82) is 0 Å². The molecule has 0 saturated carbocycles. The van der Waals surface area contributed by atoms with Crippen molar-refractivity contribution < 1.29 is 14.3 Å². The molecule has 1 saturated heterocycles. The lowest BCUT2D eigenvalue weighted by Crippen LogP contribution is -2.35. The van der Waals surface area contributed by atoms with Crippen LogP contribution in [0.25, 0.3) is 11.3 Å². The number of thiazole rings is 1. The monoisotopic (exact) mass is 437 g/mol. The summed E-state index contributed by atoms with van der Waals surface area (Å²) < 4.78 is 11.2. The van der Waals surface area contributed by atoms with Crippen molar-refractivity contribution in [3.8, 4) is 17.0 Å².